The Morgan fingerprint density at radius 1 is 0.857 bits per heavy atom. The Morgan fingerprint density at radius 2 is 1.43 bits per heavy atom. The molecule has 0 radical (unpaired) electrons. The maximum Gasteiger partial charge on any atom is 0.252 e. The molecule has 1 unspecified atom stereocenters. The van der Waals surface area contributed by atoms with Crippen LogP contribution in [0.1, 0.15) is 15.9 Å². The lowest BCUT2D eigenvalue weighted by molar-refractivity contribution is -0.127. The van der Waals surface area contributed by atoms with E-state index in [1.807, 2.05) is 72.8 Å². The van der Waals surface area contributed by atoms with Crippen LogP contribution < -0.4 is 11.1 Å². The number of amides is 2. The van der Waals surface area contributed by atoms with Gasteiger partial charge in [-0.2, -0.15) is 0 Å². The van der Waals surface area contributed by atoms with Crippen LogP contribution in [-0.4, -0.2) is 29.1 Å². The average Bonchev–Trinajstić information content (AvgIpc) is 2.74. The van der Waals surface area contributed by atoms with Gasteiger partial charge in [0.15, 0.2) is 6.10 Å². The van der Waals surface area contributed by atoms with Crippen molar-refractivity contribution in [3.63, 3.8) is 0 Å². The van der Waals surface area contributed by atoms with Crippen LogP contribution in [0.25, 0.3) is 11.1 Å². The normalized spacial score (nSPS) is 12.8. The van der Waals surface area contributed by atoms with E-state index < -0.39 is 18.1 Å². The molecule has 2 atom stereocenters. The predicted octanol–water partition coefficient (Wildman–Crippen LogP) is 2.54. The lowest BCUT2D eigenvalue weighted by Crippen LogP contribution is -2.50. The van der Waals surface area contributed by atoms with E-state index in [0.717, 1.165) is 16.7 Å². The Hall–Kier alpha value is -3.44. The van der Waals surface area contributed by atoms with Crippen LogP contribution in [-0.2, 0) is 11.2 Å². The molecular weight excluding hydrogens is 352 g/mol. The molecule has 3 rings (SSSR count). The van der Waals surface area contributed by atoms with E-state index in [9.17, 15) is 14.7 Å². The maximum atomic E-state index is 13.0. The summed E-state index contributed by atoms with van der Waals surface area (Å²) in [5.41, 5.74) is 8.30. The summed E-state index contributed by atoms with van der Waals surface area (Å²) in [6.45, 7) is 0. The predicted molar refractivity (Wildman–Crippen MR) is 108 cm³/mol. The summed E-state index contributed by atoms with van der Waals surface area (Å²) in [6.07, 6.45) is -1.21. The fraction of sp³-hybridized carbons (Fsp3) is 0.130. The second kappa shape index (κ2) is 8.97. The van der Waals surface area contributed by atoms with Crippen molar-refractivity contribution in [2.45, 2.75) is 18.6 Å². The largest absolute Gasteiger partial charge is 0.381 e. The lowest BCUT2D eigenvalue weighted by atomic mass is 9.97. The Labute approximate surface area is 163 Å². The molecule has 142 valence electrons. The monoisotopic (exact) mass is 374 g/mol. The molecule has 0 spiro atoms. The topological polar surface area (TPSA) is 92.4 Å². The minimum atomic E-state index is -1.49. The van der Waals surface area contributed by atoms with Crippen LogP contribution in [0, 0.1) is 0 Å². The molecule has 0 fully saturated rings. The number of benzene rings is 3. The highest BCUT2D eigenvalue weighted by Gasteiger charge is 2.27. The smallest absolute Gasteiger partial charge is 0.252 e. The van der Waals surface area contributed by atoms with E-state index in [0.29, 0.717) is 5.56 Å². The van der Waals surface area contributed by atoms with E-state index in [1.165, 1.54) is 0 Å². The van der Waals surface area contributed by atoms with E-state index in [-0.39, 0.29) is 12.3 Å². The van der Waals surface area contributed by atoms with Crippen molar-refractivity contribution in [1.29, 1.82) is 0 Å². The van der Waals surface area contributed by atoms with Crippen molar-refractivity contribution >= 4 is 11.8 Å². The highest BCUT2D eigenvalue weighted by Crippen LogP contribution is 2.23. The van der Waals surface area contributed by atoms with E-state index in [1.54, 1.807) is 12.1 Å². The number of hydrogen-bond donors (Lipinski definition) is 3. The first-order valence-electron chi connectivity index (χ1n) is 9.03. The van der Waals surface area contributed by atoms with E-state index in [4.69, 9.17) is 5.73 Å². The molecule has 3 aromatic carbocycles. The molecule has 2 amide bonds. The van der Waals surface area contributed by atoms with Crippen LogP contribution in [0.3, 0.4) is 0 Å². The number of rotatable bonds is 7. The number of aliphatic hydroxyl groups is 1. The summed E-state index contributed by atoms with van der Waals surface area (Å²) in [5, 5.41) is 13.0. The van der Waals surface area contributed by atoms with Gasteiger partial charge in [0.25, 0.3) is 5.91 Å². The molecule has 5 heteroatoms. The van der Waals surface area contributed by atoms with Gasteiger partial charge in [-0.3, -0.25) is 9.59 Å². The number of hydrogen-bond acceptors (Lipinski definition) is 3. The van der Waals surface area contributed by atoms with Gasteiger partial charge in [0.1, 0.15) is 0 Å². The molecule has 0 aliphatic rings. The van der Waals surface area contributed by atoms with Gasteiger partial charge >= 0.3 is 0 Å². The minimum absolute atomic E-state index is 0.282. The van der Waals surface area contributed by atoms with Gasteiger partial charge in [0.05, 0.1) is 6.04 Å². The van der Waals surface area contributed by atoms with Gasteiger partial charge in [0, 0.05) is 5.56 Å². The molecule has 0 aliphatic heterocycles. The quantitative estimate of drug-likeness (QED) is 0.593. The SMILES string of the molecule is NC(=O)[C@@H](O)C(Cc1ccccc1)NC(=O)c1ccccc1-c1ccccc1. The third-order valence-electron chi connectivity index (χ3n) is 4.54. The molecule has 4 N–H and O–H groups in total. The zero-order valence-electron chi connectivity index (χ0n) is 15.3. The highest BCUT2D eigenvalue weighted by atomic mass is 16.3. The van der Waals surface area contributed by atoms with Crippen LogP contribution in [0.5, 0.6) is 0 Å². The van der Waals surface area contributed by atoms with Gasteiger partial charge in [-0.25, -0.2) is 0 Å². The second-order valence-corrected chi connectivity index (χ2v) is 6.53. The molecular formula is C23H22N2O3. The first kappa shape index (κ1) is 19.3. The molecule has 0 heterocycles. The van der Waals surface area contributed by atoms with Crippen molar-refractivity contribution in [2.75, 3.05) is 0 Å². The van der Waals surface area contributed by atoms with Gasteiger partial charge in [0.2, 0.25) is 5.91 Å². The van der Waals surface area contributed by atoms with Gasteiger partial charge in [-0.1, -0.05) is 78.9 Å². The summed E-state index contributed by atoms with van der Waals surface area (Å²) in [5.74, 6) is -1.25. The summed E-state index contributed by atoms with van der Waals surface area (Å²) in [4.78, 5) is 24.6. The Bertz CT molecular complexity index is 942. The van der Waals surface area contributed by atoms with Gasteiger partial charge in [-0.15, -0.1) is 0 Å². The number of carbonyl (C=O) groups excluding carboxylic acids is 2. The maximum absolute atomic E-state index is 13.0. The Morgan fingerprint density at radius 3 is 2.07 bits per heavy atom. The van der Waals surface area contributed by atoms with Crippen LogP contribution in [0.2, 0.25) is 0 Å². The molecule has 0 saturated carbocycles. The second-order valence-electron chi connectivity index (χ2n) is 6.53. The Kier molecular flexibility index (Phi) is 6.19. The minimum Gasteiger partial charge on any atom is -0.381 e. The molecule has 3 aromatic rings. The summed E-state index contributed by atoms with van der Waals surface area (Å²) >= 11 is 0. The van der Waals surface area contributed by atoms with E-state index >= 15 is 0 Å². The lowest BCUT2D eigenvalue weighted by Gasteiger charge is -2.23. The number of aliphatic hydroxyl groups excluding tert-OH is 1. The fourth-order valence-electron chi connectivity index (χ4n) is 3.10. The Balaban J connectivity index is 1.87. The summed E-state index contributed by atoms with van der Waals surface area (Å²) < 4.78 is 0. The van der Waals surface area contributed by atoms with E-state index in [2.05, 4.69) is 5.32 Å². The van der Waals surface area contributed by atoms with Crippen LogP contribution in [0.15, 0.2) is 84.9 Å². The molecule has 0 saturated heterocycles. The molecule has 0 aliphatic carbocycles. The van der Waals surface area contributed by atoms with Crippen molar-refractivity contribution in [3.8, 4) is 11.1 Å². The van der Waals surface area contributed by atoms with Crippen LogP contribution in [0.4, 0.5) is 0 Å². The summed E-state index contributed by atoms with van der Waals surface area (Å²) in [7, 11) is 0. The third kappa shape index (κ3) is 4.64. The standard InChI is InChI=1S/C23H22N2O3/c24-22(27)21(26)20(15-16-9-3-1-4-10-16)25-23(28)19-14-8-7-13-18(19)17-11-5-2-6-12-17/h1-14,20-21,26H,15H2,(H2,24,27)(H,25,28)/t20?,21-/m0/s1. The molecule has 28 heavy (non-hydrogen) atoms. The van der Waals surface area contributed by atoms with Crippen molar-refractivity contribution in [3.05, 3.63) is 96.1 Å². The molecule has 0 aromatic heterocycles. The zero-order valence-corrected chi connectivity index (χ0v) is 15.3. The first-order chi connectivity index (χ1) is 13.6. The number of nitrogens with two attached hydrogens (primary N) is 1. The first-order valence-corrected chi connectivity index (χ1v) is 9.03. The molecule has 0 bridgehead atoms. The number of primary amides is 1. The van der Waals surface area contributed by atoms with Crippen molar-refractivity contribution in [2.24, 2.45) is 5.73 Å². The third-order valence-corrected chi connectivity index (χ3v) is 4.54. The van der Waals surface area contributed by atoms with Gasteiger partial charge in [-0.05, 0) is 29.2 Å². The highest BCUT2D eigenvalue weighted by molar-refractivity contribution is 6.01. The number of nitrogens with one attached hydrogen (secondary N) is 1. The summed E-state index contributed by atoms with van der Waals surface area (Å²) in [6, 6.07) is 25.3. The average molecular weight is 374 g/mol. The number of carbonyl (C=O) groups is 2. The zero-order chi connectivity index (χ0) is 19.9. The fourth-order valence-corrected chi connectivity index (χ4v) is 3.10. The van der Waals surface area contributed by atoms with Crippen molar-refractivity contribution < 1.29 is 14.7 Å². The van der Waals surface area contributed by atoms with Gasteiger partial charge < -0.3 is 16.2 Å². The van der Waals surface area contributed by atoms with Crippen molar-refractivity contribution in [1.82, 2.24) is 5.32 Å². The molecule has 5 nitrogen and oxygen atoms in total. The van der Waals surface area contributed by atoms with Crippen LogP contribution >= 0.6 is 0 Å².